The molecule has 4 aromatic rings. The molecule has 3 unspecified atom stereocenters. The minimum Gasteiger partial charge on any atom is -0.363 e. The van der Waals surface area contributed by atoms with E-state index in [0.717, 1.165) is 34.3 Å². The molecule has 2 nitrogen and oxygen atoms in total. The number of allylic oxidation sites excluding steroid dienone is 2. The summed E-state index contributed by atoms with van der Waals surface area (Å²) in [5.41, 5.74) is 9.20. The molecule has 40 heavy (non-hydrogen) atoms. The average molecular weight is 524 g/mol. The van der Waals surface area contributed by atoms with Gasteiger partial charge in [0.25, 0.3) is 0 Å². The lowest BCUT2D eigenvalue weighted by atomic mass is 9.55. The van der Waals surface area contributed by atoms with Gasteiger partial charge in [0.05, 0.1) is 11.5 Å². The molecule has 0 radical (unpaired) electrons. The third-order valence-electron chi connectivity index (χ3n) is 9.53. The highest BCUT2D eigenvalue weighted by Crippen LogP contribution is 2.61. The number of hydrogen-bond donors (Lipinski definition) is 0. The molecular formula is C38H37NO. The summed E-state index contributed by atoms with van der Waals surface area (Å²) in [7, 11) is 2.19. The molecule has 2 aliphatic rings. The van der Waals surface area contributed by atoms with E-state index in [4.69, 9.17) is 0 Å². The van der Waals surface area contributed by atoms with E-state index < -0.39 is 11.5 Å². The Bertz CT molecular complexity index is 1630. The van der Waals surface area contributed by atoms with Crippen LogP contribution in [0.5, 0.6) is 0 Å². The molecule has 0 fully saturated rings. The van der Waals surface area contributed by atoms with Crippen LogP contribution in [0.25, 0.3) is 11.1 Å². The summed E-state index contributed by atoms with van der Waals surface area (Å²) in [6, 6.07) is 36.1. The Morgan fingerprint density at radius 2 is 1.38 bits per heavy atom. The summed E-state index contributed by atoms with van der Waals surface area (Å²) >= 11 is 0. The molecule has 3 atom stereocenters. The maximum atomic E-state index is 14.9. The first kappa shape index (κ1) is 26.1. The van der Waals surface area contributed by atoms with Crippen LogP contribution < -0.4 is 4.90 Å². The average Bonchev–Trinajstić information content (AvgIpc) is 3.17. The molecule has 2 heteroatoms. The Morgan fingerprint density at radius 1 is 0.775 bits per heavy atom. The molecule has 1 heterocycles. The minimum absolute atomic E-state index is 0.161. The van der Waals surface area contributed by atoms with Gasteiger partial charge in [0.1, 0.15) is 0 Å². The van der Waals surface area contributed by atoms with Crippen LogP contribution in [-0.2, 0) is 5.41 Å². The van der Waals surface area contributed by atoms with Gasteiger partial charge in [-0.1, -0.05) is 122 Å². The highest BCUT2D eigenvalue weighted by molar-refractivity contribution is 6.10. The molecule has 1 spiro atoms. The SMILES string of the molecule is CCC1(C)c2ccccc2N(C)C12C=C(c1ccc(C)cc1)C=C(c1ccccc1)C2C(=O)c1ccc(C)cc1. The number of Topliss-reactive ketones (excluding diaryl/α,β-unsaturated/α-hetero) is 1. The molecule has 0 bridgehead atoms. The first-order valence-corrected chi connectivity index (χ1v) is 14.3. The summed E-state index contributed by atoms with van der Waals surface area (Å²) in [4.78, 5) is 17.4. The highest BCUT2D eigenvalue weighted by Gasteiger charge is 2.63. The summed E-state index contributed by atoms with van der Waals surface area (Å²) in [5, 5.41) is 0. The van der Waals surface area contributed by atoms with E-state index in [0.29, 0.717) is 0 Å². The molecule has 4 aromatic carbocycles. The molecule has 0 saturated heterocycles. The van der Waals surface area contributed by atoms with E-state index in [2.05, 4.69) is 125 Å². The van der Waals surface area contributed by atoms with Crippen molar-refractivity contribution in [1.82, 2.24) is 0 Å². The zero-order valence-corrected chi connectivity index (χ0v) is 24.1. The van der Waals surface area contributed by atoms with Crippen molar-refractivity contribution in [3.8, 4) is 0 Å². The number of rotatable bonds is 5. The summed E-state index contributed by atoms with van der Waals surface area (Å²) in [6.45, 7) is 8.82. The number of benzene rings is 4. The van der Waals surface area contributed by atoms with E-state index >= 15 is 0 Å². The van der Waals surface area contributed by atoms with E-state index in [1.54, 1.807) is 0 Å². The van der Waals surface area contributed by atoms with E-state index in [-0.39, 0.29) is 11.2 Å². The van der Waals surface area contributed by atoms with Crippen LogP contribution in [-0.4, -0.2) is 18.4 Å². The van der Waals surface area contributed by atoms with Crippen molar-refractivity contribution in [3.05, 3.63) is 149 Å². The second kappa shape index (κ2) is 9.78. The van der Waals surface area contributed by atoms with Crippen molar-refractivity contribution in [3.63, 3.8) is 0 Å². The lowest BCUT2D eigenvalue weighted by molar-refractivity contribution is 0.0877. The highest BCUT2D eigenvalue weighted by atomic mass is 16.1. The van der Waals surface area contributed by atoms with Gasteiger partial charge < -0.3 is 4.90 Å². The summed E-state index contributed by atoms with van der Waals surface area (Å²) in [5.74, 6) is -0.247. The van der Waals surface area contributed by atoms with E-state index in [1.807, 2.05) is 30.3 Å². The van der Waals surface area contributed by atoms with Crippen molar-refractivity contribution < 1.29 is 4.79 Å². The van der Waals surface area contributed by atoms with Gasteiger partial charge in [0.15, 0.2) is 5.78 Å². The van der Waals surface area contributed by atoms with Gasteiger partial charge in [0, 0.05) is 23.7 Å². The van der Waals surface area contributed by atoms with Crippen LogP contribution in [0.15, 0.2) is 115 Å². The van der Waals surface area contributed by atoms with E-state index in [9.17, 15) is 4.79 Å². The Kier molecular flexibility index (Phi) is 6.38. The fourth-order valence-corrected chi connectivity index (χ4v) is 7.13. The Balaban J connectivity index is 1.69. The molecule has 0 saturated carbocycles. The predicted octanol–water partition coefficient (Wildman–Crippen LogP) is 8.84. The second-order valence-corrected chi connectivity index (χ2v) is 11.7. The molecule has 1 aliphatic heterocycles. The first-order valence-electron chi connectivity index (χ1n) is 14.3. The molecule has 6 rings (SSSR count). The number of fused-ring (bicyclic) bond motifs is 1. The standard InChI is InChI=1S/C38H37NO/c1-6-37(4)33-14-10-11-15-34(33)39(5)38(37)25-31(28-20-16-26(2)17-21-28)24-32(29-12-8-7-9-13-29)35(38)36(40)30-22-18-27(3)19-23-30/h7-25,35H,6H2,1-5H3. The molecule has 0 aromatic heterocycles. The second-order valence-electron chi connectivity index (χ2n) is 11.7. The maximum Gasteiger partial charge on any atom is 0.173 e. The smallest absolute Gasteiger partial charge is 0.173 e. The van der Waals surface area contributed by atoms with Crippen LogP contribution >= 0.6 is 0 Å². The number of hydrogen-bond acceptors (Lipinski definition) is 2. The third-order valence-corrected chi connectivity index (χ3v) is 9.53. The Hall–Kier alpha value is -4.17. The van der Waals surface area contributed by atoms with Gasteiger partial charge in [0.2, 0.25) is 0 Å². The number of carbonyl (C=O) groups is 1. The van der Waals surface area contributed by atoms with Crippen molar-refractivity contribution in [2.45, 2.75) is 45.1 Å². The van der Waals surface area contributed by atoms with Crippen molar-refractivity contribution in [2.24, 2.45) is 5.92 Å². The van der Waals surface area contributed by atoms with Crippen LogP contribution in [0, 0.1) is 19.8 Å². The zero-order chi connectivity index (χ0) is 28.1. The fourth-order valence-electron chi connectivity index (χ4n) is 7.13. The number of anilines is 1. The largest absolute Gasteiger partial charge is 0.363 e. The van der Waals surface area contributed by atoms with Gasteiger partial charge in [-0.05, 0) is 66.3 Å². The summed E-state index contributed by atoms with van der Waals surface area (Å²) in [6.07, 6.45) is 5.59. The number of aryl methyl sites for hydroxylation is 2. The number of para-hydroxylation sites is 1. The fraction of sp³-hybridized carbons (Fsp3) is 0.237. The Morgan fingerprint density at radius 3 is 2.02 bits per heavy atom. The number of carbonyl (C=O) groups excluding carboxylic acids is 1. The molecule has 0 amide bonds. The molecular weight excluding hydrogens is 486 g/mol. The number of likely N-dealkylation sites (N-methyl/N-ethyl adjacent to an activating group) is 1. The van der Waals surface area contributed by atoms with Gasteiger partial charge in [-0.2, -0.15) is 0 Å². The maximum absolute atomic E-state index is 14.9. The lowest BCUT2D eigenvalue weighted by Gasteiger charge is -2.53. The monoisotopic (exact) mass is 523 g/mol. The van der Waals surface area contributed by atoms with Gasteiger partial charge >= 0.3 is 0 Å². The van der Waals surface area contributed by atoms with Crippen LogP contribution in [0.4, 0.5) is 5.69 Å². The molecule has 0 N–H and O–H groups in total. The van der Waals surface area contributed by atoms with Crippen molar-refractivity contribution in [2.75, 3.05) is 11.9 Å². The van der Waals surface area contributed by atoms with E-state index in [1.165, 1.54) is 22.4 Å². The van der Waals surface area contributed by atoms with Crippen molar-refractivity contribution in [1.29, 1.82) is 0 Å². The van der Waals surface area contributed by atoms with Crippen LogP contribution in [0.2, 0.25) is 0 Å². The number of nitrogens with zero attached hydrogens (tertiary/aromatic N) is 1. The van der Waals surface area contributed by atoms with Gasteiger partial charge in [-0.3, -0.25) is 4.79 Å². The zero-order valence-electron chi connectivity index (χ0n) is 24.1. The Labute approximate surface area is 238 Å². The van der Waals surface area contributed by atoms with Crippen LogP contribution in [0.3, 0.4) is 0 Å². The van der Waals surface area contributed by atoms with Crippen LogP contribution in [0.1, 0.15) is 58.4 Å². The predicted molar refractivity (Wildman–Crippen MR) is 168 cm³/mol. The van der Waals surface area contributed by atoms with Gasteiger partial charge in [-0.15, -0.1) is 0 Å². The minimum atomic E-state index is -0.618. The third kappa shape index (κ3) is 3.81. The lowest BCUT2D eigenvalue weighted by Crippen LogP contribution is -2.62. The first-order chi connectivity index (χ1) is 19.3. The van der Waals surface area contributed by atoms with Crippen molar-refractivity contribution >= 4 is 22.6 Å². The normalized spacial score (nSPS) is 23.5. The summed E-state index contributed by atoms with van der Waals surface area (Å²) < 4.78 is 0. The molecule has 200 valence electrons. The number of ketones is 1. The van der Waals surface area contributed by atoms with Gasteiger partial charge in [-0.25, -0.2) is 0 Å². The molecule has 1 aliphatic carbocycles. The topological polar surface area (TPSA) is 20.3 Å². The quantitative estimate of drug-likeness (QED) is 0.244.